The van der Waals surface area contributed by atoms with Crippen LogP contribution >= 0.6 is 0 Å². The minimum Gasteiger partial charge on any atom is -0.456 e. The maximum atomic E-state index is 6.73. The van der Waals surface area contributed by atoms with Crippen LogP contribution in [0.3, 0.4) is 0 Å². The van der Waals surface area contributed by atoms with Gasteiger partial charge >= 0.3 is 0 Å². The number of fused-ring (bicyclic) bond motifs is 9. The van der Waals surface area contributed by atoms with Crippen molar-refractivity contribution < 1.29 is 4.42 Å². The van der Waals surface area contributed by atoms with E-state index in [9.17, 15) is 0 Å². The molecule has 56 heavy (non-hydrogen) atoms. The summed E-state index contributed by atoms with van der Waals surface area (Å²) in [6.07, 6.45) is 0. The Labute approximate surface area is 328 Å². The minimum atomic E-state index is -0.220. The summed E-state index contributed by atoms with van der Waals surface area (Å²) in [5.41, 5.74) is 20.2. The molecule has 8 aromatic carbocycles. The van der Waals surface area contributed by atoms with Gasteiger partial charge in [-0.25, -0.2) is 0 Å². The number of hydrogen-bond donors (Lipinski definition) is 0. The van der Waals surface area contributed by atoms with Crippen molar-refractivity contribution in [3.63, 3.8) is 0 Å². The Bertz CT molecular complexity index is 3020. The van der Waals surface area contributed by atoms with Crippen LogP contribution in [-0.4, -0.2) is 0 Å². The van der Waals surface area contributed by atoms with Crippen molar-refractivity contribution >= 4 is 39.0 Å². The lowest BCUT2D eigenvalue weighted by atomic mass is 9.80. The van der Waals surface area contributed by atoms with Gasteiger partial charge in [0.05, 0.1) is 16.8 Å². The fourth-order valence-corrected chi connectivity index (χ4v) is 10.00. The zero-order valence-corrected chi connectivity index (χ0v) is 32.1. The monoisotopic (exact) mass is 719 g/mol. The van der Waals surface area contributed by atoms with Crippen molar-refractivity contribution in [1.29, 1.82) is 0 Å². The van der Waals surface area contributed by atoms with E-state index in [0.717, 1.165) is 33.3 Å². The number of benzene rings is 8. The van der Waals surface area contributed by atoms with Crippen LogP contribution in [0.4, 0.5) is 17.1 Å². The summed E-state index contributed by atoms with van der Waals surface area (Å²) in [5, 5.41) is 2.25. The molecule has 1 aromatic heterocycles. The molecule has 0 amide bonds. The highest BCUT2D eigenvalue weighted by Crippen LogP contribution is 2.57. The molecule has 0 fully saturated rings. The molecule has 0 radical (unpaired) electrons. The Morgan fingerprint density at radius 3 is 1.79 bits per heavy atom. The molecule has 2 aliphatic rings. The van der Waals surface area contributed by atoms with Crippen molar-refractivity contribution in [1.82, 2.24) is 0 Å². The van der Waals surface area contributed by atoms with Gasteiger partial charge in [0.15, 0.2) is 0 Å². The third-order valence-electron chi connectivity index (χ3n) is 12.6. The van der Waals surface area contributed by atoms with Crippen LogP contribution in [-0.2, 0) is 10.8 Å². The zero-order chi connectivity index (χ0) is 37.8. The topological polar surface area (TPSA) is 16.4 Å². The first-order valence-electron chi connectivity index (χ1n) is 19.7. The molecule has 268 valence electrons. The second kappa shape index (κ2) is 11.9. The maximum absolute atomic E-state index is 6.73. The molecule has 0 spiro atoms. The van der Waals surface area contributed by atoms with E-state index in [4.69, 9.17) is 4.42 Å². The molecular weight excluding hydrogens is 679 g/mol. The Hall–Kier alpha value is -6.64. The number of rotatable bonds is 5. The van der Waals surface area contributed by atoms with E-state index in [-0.39, 0.29) is 10.8 Å². The molecule has 0 saturated heterocycles. The van der Waals surface area contributed by atoms with E-state index in [1.165, 1.54) is 72.4 Å². The average molecular weight is 720 g/mol. The van der Waals surface area contributed by atoms with Gasteiger partial charge in [0.25, 0.3) is 0 Å². The molecule has 0 bridgehead atoms. The molecule has 2 aliphatic carbocycles. The molecule has 0 N–H and O–H groups in total. The first-order valence-corrected chi connectivity index (χ1v) is 19.7. The summed E-state index contributed by atoms with van der Waals surface area (Å²) in [6.45, 7) is 9.52. The first-order chi connectivity index (χ1) is 27.3. The largest absolute Gasteiger partial charge is 0.456 e. The normalized spacial score (nSPS) is 14.4. The number of anilines is 3. The van der Waals surface area contributed by atoms with Gasteiger partial charge in [-0.1, -0.05) is 161 Å². The second-order valence-electron chi connectivity index (χ2n) is 16.5. The third kappa shape index (κ3) is 4.62. The predicted octanol–water partition coefficient (Wildman–Crippen LogP) is 15.0. The van der Waals surface area contributed by atoms with Crippen LogP contribution in [0.5, 0.6) is 0 Å². The highest BCUT2D eigenvalue weighted by molar-refractivity contribution is 6.18. The van der Waals surface area contributed by atoms with Crippen LogP contribution in [0.1, 0.15) is 49.9 Å². The summed E-state index contributed by atoms with van der Waals surface area (Å²) >= 11 is 0. The first kappa shape index (κ1) is 32.8. The van der Waals surface area contributed by atoms with Gasteiger partial charge in [0.2, 0.25) is 0 Å². The Kier molecular flexibility index (Phi) is 6.98. The molecule has 2 nitrogen and oxygen atoms in total. The van der Waals surface area contributed by atoms with E-state index >= 15 is 0 Å². The van der Waals surface area contributed by atoms with Crippen LogP contribution in [0.25, 0.3) is 66.4 Å². The molecule has 0 unspecified atom stereocenters. The zero-order valence-electron chi connectivity index (χ0n) is 32.1. The fourth-order valence-electron chi connectivity index (χ4n) is 10.00. The predicted molar refractivity (Wildman–Crippen MR) is 234 cm³/mol. The van der Waals surface area contributed by atoms with Gasteiger partial charge in [-0.15, -0.1) is 0 Å². The molecule has 0 atom stereocenters. The summed E-state index contributed by atoms with van der Waals surface area (Å²) in [6, 6.07) is 64.4. The second-order valence-corrected chi connectivity index (χ2v) is 16.5. The van der Waals surface area contributed by atoms with E-state index in [1.807, 2.05) is 0 Å². The van der Waals surface area contributed by atoms with Crippen LogP contribution in [0.15, 0.2) is 180 Å². The molecule has 9 aromatic rings. The van der Waals surface area contributed by atoms with Gasteiger partial charge in [0.1, 0.15) is 11.2 Å². The fraction of sp³-hybridized carbons (Fsp3) is 0.111. The van der Waals surface area contributed by atoms with Crippen LogP contribution in [0, 0.1) is 0 Å². The Morgan fingerprint density at radius 2 is 0.982 bits per heavy atom. The minimum absolute atomic E-state index is 0.190. The molecule has 11 rings (SSSR count). The SMILES string of the molecule is CC1(C)c2ccc(-c3ccccc3)cc2-c2ccc(N(c3cccc4c3C(C)(C)c3ccccc3-4)c3cccc4oc5cccc(-c6ccccc6)c5c34)cc21. The molecule has 0 saturated carbocycles. The van der Waals surface area contributed by atoms with Gasteiger partial charge < -0.3 is 9.32 Å². The number of hydrogen-bond acceptors (Lipinski definition) is 2. The quantitative estimate of drug-likeness (QED) is 0.176. The summed E-state index contributed by atoms with van der Waals surface area (Å²) < 4.78 is 6.73. The highest BCUT2D eigenvalue weighted by atomic mass is 16.3. The number of nitrogens with zero attached hydrogens (tertiary/aromatic N) is 1. The van der Waals surface area contributed by atoms with Crippen molar-refractivity contribution in [3.8, 4) is 44.5 Å². The molecular formula is C54H41NO. The summed E-state index contributed by atoms with van der Waals surface area (Å²) in [5.74, 6) is 0. The molecule has 0 aliphatic heterocycles. The lowest BCUT2D eigenvalue weighted by molar-refractivity contribution is 0.658. The van der Waals surface area contributed by atoms with Crippen LogP contribution < -0.4 is 4.90 Å². The van der Waals surface area contributed by atoms with Gasteiger partial charge in [-0.3, -0.25) is 0 Å². The lowest BCUT2D eigenvalue weighted by Gasteiger charge is -2.33. The molecule has 2 heteroatoms. The standard InChI is InChI=1S/C54H41NO/c1-53(2)44-31-28-36(34-16-7-5-8-17-34)32-42(44)40-30-29-37(33-45(40)53)55(47-25-13-22-41-39-20-11-12-23-43(39)54(3,4)52(41)47)46-24-15-27-49-51(46)50-38(21-14-26-48(50)56-49)35-18-9-6-10-19-35/h5-33H,1-4H3. The number of furan rings is 1. The summed E-state index contributed by atoms with van der Waals surface area (Å²) in [4.78, 5) is 2.53. The Morgan fingerprint density at radius 1 is 0.375 bits per heavy atom. The van der Waals surface area contributed by atoms with E-state index < -0.39 is 0 Å². The van der Waals surface area contributed by atoms with Gasteiger partial charge in [-0.2, -0.15) is 0 Å². The van der Waals surface area contributed by atoms with Crippen molar-refractivity contribution in [2.45, 2.75) is 38.5 Å². The van der Waals surface area contributed by atoms with Gasteiger partial charge in [0, 0.05) is 21.9 Å². The highest BCUT2D eigenvalue weighted by Gasteiger charge is 2.40. The van der Waals surface area contributed by atoms with Crippen molar-refractivity contribution in [3.05, 3.63) is 198 Å². The smallest absolute Gasteiger partial charge is 0.137 e. The van der Waals surface area contributed by atoms with E-state index in [0.29, 0.717) is 0 Å². The van der Waals surface area contributed by atoms with Crippen LogP contribution in [0.2, 0.25) is 0 Å². The van der Waals surface area contributed by atoms with E-state index in [1.54, 1.807) is 0 Å². The summed E-state index contributed by atoms with van der Waals surface area (Å²) in [7, 11) is 0. The Balaban J connectivity index is 1.19. The van der Waals surface area contributed by atoms with Crippen molar-refractivity contribution in [2.75, 3.05) is 4.90 Å². The third-order valence-corrected chi connectivity index (χ3v) is 12.6. The molecule has 1 heterocycles. The van der Waals surface area contributed by atoms with Gasteiger partial charge in [-0.05, 0) is 109 Å². The van der Waals surface area contributed by atoms with E-state index in [2.05, 4.69) is 209 Å². The lowest BCUT2D eigenvalue weighted by Crippen LogP contribution is -2.21. The maximum Gasteiger partial charge on any atom is 0.137 e. The average Bonchev–Trinajstić information content (AvgIpc) is 3.82. The van der Waals surface area contributed by atoms with Crippen molar-refractivity contribution in [2.24, 2.45) is 0 Å².